The molecule has 0 aliphatic rings. The SMILES string of the molecule is COC(=N)C(=NOCCF)C(=O)OC. The van der Waals surface area contributed by atoms with Gasteiger partial charge in [-0.25, -0.2) is 9.18 Å². The number of esters is 1. The third-order valence-corrected chi connectivity index (χ3v) is 1.12. The summed E-state index contributed by atoms with van der Waals surface area (Å²) in [6, 6.07) is 0. The Labute approximate surface area is 80.1 Å². The van der Waals surface area contributed by atoms with Crippen molar-refractivity contribution in [3.63, 3.8) is 0 Å². The molecule has 0 radical (unpaired) electrons. The van der Waals surface area contributed by atoms with E-state index in [1.54, 1.807) is 0 Å². The summed E-state index contributed by atoms with van der Waals surface area (Å²) in [6.45, 7) is -1.03. The summed E-state index contributed by atoms with van der Waals surface area (Å²) in [5.41, 5.74) is -0.441. The highest BCUT2D eigenvalue weighted by Gasteiger charge is 2.19. The highest BCUT2D eigenvalue weighted by molar-refractivity contribution is 6.63. The van der Waals surface area contributed by atoms with Gasteiger partial charge in [0.2, 0.25) is 11.6 Å². The summed E-state index contributed by atoms with van der Waals surface area (Å²) < 4.78 is 20.4. The van der Waals surface area contributed by atoms with Crippen LogP contribution in [0.15, 0.2) is 5.16 Å². The molecule has 0 fully saturated rings. The summed E-state index contributed by atoms with van der Waals surface area (Å²) in [4.78, 5) is 15.3. The van der Waals surface area contributed by atoms with Gasteiger partial charge in [-0.15, -0.1) is 0 Å². The van der Waals surface area contributed by atoms with Crippen LogP contribution in [-0.4, -0.2) is 45.1 Å². The minimum atomic E-state index is -0.879. The molecule has 6 nitrogen and oxygen atoms in total. The first-order valence-electron chi connectivity index (χ1n) is 3.64. The number of oxime groups is 1. The fourth-order valence-electron chi connectivity index (χ4n) is 0.509. The van der Waals surface area contributed by atoms with Crippen LogP contribution in [0.2, 0.25) is 0 Å². The first-order valence-corrected chi connectivity index (χ1v) is 3.64. The van der Waals surface area contributed by atoms with E-state index in [-0.39, 0.29) is 6.61 Å². The van der Waals surface area contributed by atoms with Crippen LogP contribution in [0, 0.1) is 5.41 Å². The average molecular weight is 206 g/mol. The Balaban J connectivity index is 4.46. The molecule has 0 rings (SSSR count). The molecule has 0 bridgehead atoms. The van der Waals surface area contributed by atoms with Crippen LogP contribution >= 0.6 is 0 Å². The molecule has 0 atom stereocenters. The second-order valence-corrected chi connectivity index (χ2v) is 1.99. The fraction of sp³-hybridized carbons (Fsp3) is 0.571. The van der Waals surface area contributed by atoms with Gasteiger partial charge in [-0.3, -0.25) is 5.41 Å². The molecule has 7 heteroatoms. The Morgan fingerprint density at radius 3 is 2.50 bits per heavy atom. The quantitative estimate of drug-likeness (QED) is 0.228. The Morgan fingerprint density at radius 2 is 2.07 bits per heavy atom. The third kappa shape index (κ3) is 3.83. The number of rotatable bonds is 5. The number of hydrogen-bond acceptors (Lipinski definition) is 6. The molecule has 0 spiro atoms. The lowest BCUT2D eigenvalue weighted by atomic mass is 10.4. The summed E-state index contributed by atoms with van der Waals surface area (Å²) in [7, 11) is 2.31. The maximum Gasteiger partial charge on any atom is 0.365 e. The summed E-state index contributed by atoms with van der Waals surface area (Å²) in [5.74, 6) is -1.38. The molecule has 0 aromatic carbocycles. The molecule has 0 unspecified atom stereocenters. The molecule has 0 aliphatic carbocycles. The molecule has 1 N–H and O–H groups in total. The third-order valence-electron chi connectivity index (χ3n) is 1.12. The maximum absolute atomic E-state index is 11.6. The lowest BCUT2D eigenvalue weighted by Gasteiger charge is -2.03. The standard InChI is InChI=1S/C7H11FN2O4/c1-12-6(9)5(7(11)13-2)10-14-4-3-8/h9H,3-4H2,1-2H3. The first kappa shape index (κ1) is 12.3. The van der Waals surface area contributed by atoms with Crippen LogP contribution in [0.1, 0.15) is 0 Å². The predicted molar refractivity (Wildman–Crippen MR) is 46.1 cm³/mol. The number of carbonyl (C=O) groups is 1. The zero-order valence-electron chi connectivity index (χ0n) is 7.87. The molecule has 0 aromatic heterocycles. The van der Waals surface area contributed by atoms with Crippen molar-refractivity contribution in [2.75, 3.05) is 27.5 Å². The van der Waals surface area contributed by atoms with Crippen molar-refractivity contribution in [2.45, 2.75) is 0 Å². The molecule has 80 valence electrons. The van der Waals surface area contributed by atoms with Crippen molar-refractivity contribution in [3.8, 4) is 0 Å². The fourth-order valence-corrected chi connectivity index (χ4v) is 0.509. The Kier molecular flexibility index (Phi) is 6.01. The number of nitrogens with zero attached hydrogens (tertiary/aromatic N) is 1. The normalized spacial score (nSPS) is 10.6. The van der Waals surface area contributed by atoms with Gasteiger partial charge in [-0.2, -0.15) is 0 Å². The van der Waals surface area contributed by atoms with Gasteiger partial charge >= 0.3 is 5.97 Å². The van der Waals surface area contributed by atoms with E-state index < -0.39 is 24.3 Å². The Bertz CT molecular complexity index is 224. The molecule has 0 aromatic rings. The Morgan fingerprint density at radius 1 is 1.43 bits per heavy atom. The topological polar surface area (TPSA) is 81.0 Å². The van der Waals surface area contributed by atoms with Crippen molar-refractivity contribution in [1.82, 2.24) is 0 Å². The number of nitrogens with one attached hydrogen (secondary N) is 1. The number of ether oxygens (including phenoxy) is 2. The first-order chi connectivity index (χ1) is 6.67. The van der Waals surface area contributed by atoms with E-state index in [0.29, 0.717) is 0 Å². The van der Waals surface area contributed by atoms with Gasteiger partial charge in [0.15, 0.2) is 0 Å². The van der Waals surface area contributed by atoms with Gasteiger partial charge in [0, 0.05) is 0 Å². The van der Waals surface area contributed by atoms with Crippen molar-refractivity contribution < 1.29 is 23.5 Å². The smallest absolute Gasteiger partial charge is 0.365 e. The minimum absolute atomic E-state index is 0.294. The van der Waals surface area contributed by atoms with E-state index in [9.17, 15) is 9.18 Å². The van der Waals surface area contributed by atoms with Crippen LogP contribution in [-0.2, 0) is 19.1 Å². The van der Waals surface area contributed by atoms with Gasteiger partial charge in [-0.05, 0) is 0 Å². The Hall–Kier alpha value is -1.66. The van der Waals surface area contributed by atoms with E-state index in [0.717, 1.165) is 7.11 Å². The summed E-state index contributed by atoms with van der Waals surface area (Å²) in [6.07, 6.45) is 0. The molecule has 0 amide bonds. The van der Waals surface area contributed by atoms with E-state index in [1.807, 2.05) is 0 Å². The van der Waals surface area contributed by atoms with Crippen molar-refractivity contribution in [2.24, 2.45) is 5.16 Å². The number of carbonyl (C=O) groups excluding carboxylic acids is 1. The highest BCUT2D eigenvalue weighted by Crippen LogP contribution is 1.90. The molecule has 0 heterocycles. The van der Waals surface area contributed by atoms with Crippen LogP contribution in [0.5, 0.6) is 0 Å². The number of methoxy groups -OCH3 is 2. The number of alkyl halides is 1. The van der Waals surface area contributed by atoms with Crippen molar-refractivity contribution in [1.29, 1.82) is 5.41 Å². The van der Waals surface area contributed by atoms with E-state index >= 15 is 0 Å². The number of hydrogen-bond donors (Lipinski definition) is 1. The van der Waals surface area contributed by atoms with Crippen LogP contribution in [0.4, 0.5) is 4.39 Å². The van der Waals surface area contributed by atoms with Crippen LogP contribution in [0.25, 0.3) is 0 Å². The molecule has 0 saturated carbocycles. The average Bonchev–Trinajstić information content (AvgIpc) is 2.22. The van der Waals surface area contributed by atoms with Gasteiger partial charge in [0.25, 0.3) is 0 Å². The van der Waals surface area contributed by atoms with Crippen LogP contribution in [0.3, 0.4) is 0 Å². The second kappa shape index (κ2) is 6.81. The van der Waals surface area contributed by atoms with E-state index in [4.69, 9.17) is 5.41 Å². The molecule has 0 saturated heterocycles. The summed E-state index contributed by atoms with van der Waals surface area (Å²) >= 11 is 0. The van der Waals surface area contributed by atoms with E-state index in [2.05, 4.69) is 19.5 Å². The van der Waals surface area contributed by atoms with Gasteiger partial charge in [-0.1, -0.05) is 5.16 Å². The lowest BCUT2D eigenvalue weighted by molar-refractivity contribution is -0.132. The zero-order chi connectivity index (χ0) is 11.0. The van der Waals surface area contributed by atoms with Gasteiger partial charge in [0.05, 0.1) is 14.2 Å². The molecular weight excluding hydrogens is 195 g/mol. The predicted octanol–water partition coefficient (Wildman–Crippen LogP) is 0.125. The maximum atomic E-state index is 11.6. The highest BCUT2D eigenvalue weighted by atomic mass is 19.1. The van der Waals surface area contributed by atoms with Crippen molar-refractivity contribution >= 4 is 17.6 Å². The number of halogens is 1. The molecule has 14 heavy (non-hydrogen) atoms. The summed E-state index contributed by atoms with van der Waals surface area (Å²) in [5, 5.41) is 10.3. The van der Waals surface area contributed by atoms with Crippen molar-refractivity contribution in [3.05, 3.63) is 0 Å². The zero-order valence-corrected chi connectivity index (χ0v) is 7.87. The molecule has 0 aliphatic heterocycles. The monoisotopic (exact) mass is 206 g/mol. The lowest BCUT2D eigenvalue weighted by Crippen LogP contribution is -2.26. The van der Waals surface area contributed by atoms with Crippen LogP contribution < -0.4 is 0 Å². The van der Waals surface area contributed by atoms with Gasteiger partial charge in [0.1, 0.15) is 13.3 Å². The van der Waals surface area contributed by atoms with Gasteiger partial charge < -0.3 is 14.3 Å². The largest absolute Gasteiger partial charge is 0.480 e. The molecular formula is C7H11FN2O4. The minimum Gasteiger partial charge on any atom is -0.480 e. The van der Waals surface area contributed by atoms with E-state index in [1.165, 1.54) is 7.11 Å². The second-order valence-electron chi connectivity index (χ2n) is 1.99.